The number of sulfonamides is 1. The highest BCUT2D eigenvalue weighted by atomic mass is 35.5. The van der Waals surface area contributed by atoms with E-state index in [1.807, 2.05) is 0 Å². The molecule has 6 nitrogen and oxygen atoms in total. The minimum absolute atomic E-state index is 0.0856. The molecule has 2 N–H and O–H groups in total. The number of carbonyl (C=O) groups is 1. The van der Waals surface area contributed by atoms with E-state index in [0.717, 1.165) is 0 Å². The van der Waals surface area contributed by atoms with Gasteiger partial charge in [-0.2, -0.15) is 4.31 Å². The highest BCUT2D eigenvalue weighted by Gasteiger charge is 2.27. The van der Waals surface area contributed by atoms with Gasteiger partial charge in [-0.25, -0.2) is 8.42 Å². The van der Waals surface area contributed by atoms with Crippen LogP contribution in [0.5, 0.6) is 0 Å². The lowest BCUT2D eigenvalue weighted by Crippen LogP contribution is -2.46. The molecule has 1 aliphatic rings. The first-order chi connectivity index (χ1) is 9.46. The second-order valence-corrected chi connectivity index (χ2v) is 6.72. The monoisotopic (exact) mass is 317 g/mol. The quantitative estimate of drug-likeness (QED) is 0.840. The van der Waals surface area contributed by atoms with Crippen LogP contribution in [-0.2, 0) is 10.0 Å². The Bertz CT molecular complexity index is 612. The van der Waals surface area contributed by atoms with Crippen LogP contribution >= 0.6 is 11.6 Å². The van der Waals surface area contributed by atoms with Gasteiger partial charge in [0.2, 0.25) is 10.0 Å². The zero-order chi connectivity index (χ0) is 14.8. The summed E-state index contributed by atoms with van der Waals surface area (Å²) in [5.41, 5.74) is 0.158. The van der Waals surface area contributed by atoms with Crippen LogP contribution in [0.25, 0.3) is 0 Å². The molecule has 1 aromatic carbocycles. The van der Waals surface area contributed by atoms with Crippen molar-refractivity contribution in [1.29, 1.82) is 0 Å². The second kappa shape index (κ2) is 6.09. The molecule has 2 rings (SSSR count). The fraction of sp³-hybridized carbons (Fsp3) is 0.417. The van der Waals surface area contributed by atoms with Gasteiger partial charge in [0, 0.05) is 33.2 Å². The van der Waals surface area contributed by atoms with Gasteiger partial charge < -0.3 is 10.6 Å². The van der Waals surface area contributed by atoms with E-state index in [0.29, 0.717) is 26.2 Å². The number of halogens is 1. The van der Waals surface area contributed by atoms with Crippen molar-refractivity contribution in [2.45, 2.75) is 4.90 Å². The maximum absolute atomic E-state index is 12.5. The first-order valence-electron chi connectivity index (χ1n) is 6.19. The molecule has 0 bridgehead atoms. The van der Waals surface area contributed by atoms with Gasteiger partial charge in [-0.15, -0.1) is 0 Å². The molecule has 1 amide bonds. The number of hydrogen-bond donors (Lipinski definition) is 2. The van der Waals surface area contributed by atoms with Crippen molar-refractivity contribution < 1.29 is 13.2 Å². The van der Waals surface area contributed by atoms with E-state index in [-0.39, 0.29) is 15.5 Å². The van der Waals surface area contributed by atoms with Crippen LogP contribution in [0.2, 0.25) is 5.02 Å². The molecule has 0 aromatic heterocycles. The summed E-state index contributed by atoms with van der Waals surface area (Å²) in [4.78, 5) is 11.8. The molecular weight excluding hydrogens is 302 g/mol. The highest BCUT2D eigenvalue weighted by molar-refractivity contribution is 7.89. The lowest BCUT2D eigenvalue weighted by atomic mass is 10.2. The molecule has 1 aliphatic heterocycles. The lowest BCUT2D eigenvalue weighted by molar-refractivity contribution is 0.0963. The van der Waals surface area contributed by atoms with Gasteiger partial charge in [0.15, 0.2) is 0 Å². The second-order valence-electron chi connectivity index (χ2n) is 4.37. The predicted octanol–water partition coefficient (Wildman–Crippen LogP) is 0.294. The molecule has 20 heavy (non-hydrogen) atoms. The summed E-state index contributed by atoms with van der Waals surface area (Å²) in [5, 5.41) is 5.76. The van der Waals surface area contributed by atoms with Crippen LogP contribution in [0.4, 0.5) is 0 Å². The van der Waals surface area contributed by atoms with Crippen LogP contribution in [0.1, 0.15) is 10.4 Å². The normalized spacial score (nSPS) is 16.9. The average molecular weight is 318 g/mol. The fourth-order valence-corrected chi connectivity index (χ4v) is 3.68. The Balaban J connectivity index is 2.39. The molecule has 0 radical (unpaired) electrons. The number of rotatable bonds is 3. The summed E-state index contributed by atoms with van der Waals surface area (Å²) in [6, 6.07) is 4.17. The number of piperazine rings is 1. The van der Waals surface area contributed by atoms with Crippen molar-refractivity contribution in [3.63, 3.8) is 0 Å². The van der Waals surface area contributed by atoms with Gasteiger partial charge in [0.25, 0.3) is 5.91 Å². The minimum atomic E-state index is -3.59. The minimum Gasteiger partial charge on any atom is -0.355 e. The SMILES string of the molecule is CNC(=O)c1cc(S(=O)(=O)N2CCNCC2)ccc1Cl. The number of hydrogen-bond acceptors (Lipinski definition) is 4. The van der Waals surface area contributed by atoms with E-state index in [2.05, 4.69) is 10.6 Å². The van der Waals surface area contributed by atoms with E-state index in [4.69, 9.17) is 11.6 Å². The van der Waals surface area contributed by atoms with Gasteiger partial charge in [0.05, 0.1) is 15.5 Å². The molecular formula is C12H16ClN3O3S. The molecule has 110 valence electrons. The third-order valence-corrected chi connectivity index (χ3v) is 5.35. The van der Waals surface area contributed by atoms with Crippen LogP contribution in [0.15, 0.2) is 23.1 Å². The summed E-state index contributed by atoms with van der Waals surface area (Å²) in [5.74, 6) is -0.410. The van der Waals surface area contributed by atoms with Gasteiger partial charge in [-0.05, 0) is 18.2 Å². The summed E-state index contributed by atoms with van der Waals surface area (Å²) < 4.78 is 26.4. The van der Waals surface area contributed by atoms with Crippen molar-refractivity contribution in [3.05, 3.63) is 28.8 Å². The van der Waals surface area contributed by atoms with Crippen LogP contribution in [-0.4, -0.2) is 51.9 Å². The largest absolute Gasteiger partial charge is 0.355 e. The number of nitrogens with zero attached hydrogens (tertiary/aromatic N) is 1. The standard InChI is InChI=1S/C12H16ClN3O3S/c1-14-12(17)10-8-9(2-3-11(10)13)20(18,19)16-6-4-15-5-7-16/h2-3,8,15H,4-7H2,1H3,(H,14,17). The Hall–Kier alpha value is -1.15. The van der Waals surface area contributed by atoms with Crippen molar-refractivity contribution in [2.24, 2.45) is 0 Å². The van der Waals surface area contributed by atoms with Crippen LogP contribution in [0, 0.1) is 0 Å². The summed E-state index contributed by atoms with van der Waals surface area (Å²) >= 11 is 5.93. The molecule has 0 spiro atoms. The first kappa shape index (κ1) is 15.2. The van der Waals surface area contributed by atoms with E-state index in [9.17, 15) is 13.2 Å². The van der Waals surface area contributed by atoms with E-state index >= 15 is 0 Å². The fourth-order valence-electron chi connectivity index (χ4n) is 2.01. The molecule has 1 fully saturated rings. The summed E-state index contributed by atoms with van der Waals surface area (Å²) in [6.07, 6.45) is 0. The Morgan fingerprint density at radius 3 is 2.60 bits per heavy atom. The maximum Gasteiger partial charge on any atom is 0.252 e. The lowest BCUT2D eigenvalue weighted by Gasteiger charge is -2.26. The van der Waals surface area contributed by atoms with Crippen molar-refractivity contribution in [3.8, 4) is 0 Å². The Labute approximate surface area is 123 Å². The molecule has 1 aromatic rings. The molecule has 0 unspecified atom stereocenters. The zero-order valence-corrected chi connectivity index (χ0v) is 12.6. The van der Waals surface area contributed by atoms with Crippen LogP contribution < -0.4 is 10.6 Å². The molecule has 0 atom stereocenters. The van der Waals surface area contributed by atoms with E-state index in [1.54, 1.807) is 0 Å². The first-order valence-corrected chi connectivity index (χ1v) is 8.01. The molecule has 1 heterocycles. The van der Waals surface area contributed by atoms with Crippen molar-refractivity contribution >= 4 is 27.5 Å². The molecule has 0 aliphatic carbocycles. The van der Waals surface area contributed by atoms with E-state index < -0.39 is 15.9 Å². The molecule has 1 saturated heterocycles. The number of nitrogens with one attached hydrogen (secondary N) is 2. The smallest absolute Gasteiger partial charge is 0.252 e. The number of benzene rings is 1. The van der Waals surface area contributed by atoms with Crippen molar-refractivity contribution in [2.75, 3.05) is 33.2 Å². The third kappa shape index (κ3) is 2.95. The summed E-state index contributed by atoms with van der Waals surface area (Å²) in [7, 11) is -2.12. The average Bonchev–Trinajstić information content (AvgIpc) is 2.47. The zero-order valence-electron chi connectivity index (χ0n) is 11.0. The topological polar surface area (TPSA) is 78.5 Å². The van der Waals surface area contributed by atoms with Gasteiger partial charge in [-0.1, -0.05) is 11.6 Å². The van der Waals surface area contributed by atoms with Gasteiger partial charge in [0.1, 0.15) is 0 Å². The van der Waals surface area contributed by atoms with Crippen molar-refractivity contribution in [1.82, 2.24) is 14.9 Å². The van der Waals surface area contributed by atoms with Gasteiger partial charge >= 0.3 is 0 Å². The molecule has 0 saturated carbocycles. The maximum atomic E-state index is 12.5. The highest BCUT2D eigenvalue weighted by Crippen LogP contribution is 2.23. The number of amides is 1. The van der Waals surface area contributed by atoms with E-state index in [1.165, 1.54) is 29.6 Å². The van der Waals surface area contributed by atoms with Crippen LogP contribution in [0.3, 0.4) is 0 Å². The molecule has 8 heteroatoms. The third-order valence-electron chi connectivity index (χ3n) is 3.12. The Kier molecular flexibility index (Phi) is 4.64. The predicted molar refractivity (Wildman–Crippen MR) is 76.5 cm³/mol. The Morgan fingerprint density at radius 1 is 1.35 bits per heavy atom. The Morgan fingerprint density at radius 2 is 2.00 bits per heavy atom. The summed E-state index contributed by atoms with van der Waals surface area (Å²) in [6.45, 7) is 2.07. The number of carbonyl (C=O) groups excluding carboxylic acids is 1. The van der Waals surface area contributed by atoms with Gasteiger partial charge in [-0.3, -0.25) is 4.79 Å².